The predicted molar refractivity (Wildman–Crippen MR) is 233 cm³/mol. The Morgan fingerprint density at radius 1 is 0.345 bits per heavy atom. The highest BCUT2D eigenvalue weighted by atomic mass is 16.6. The van der Waals surface area contributed by atoms with Crippen LogP contribution < -0.4 is 0 Å². The van der Waals surface area contributed by atoms with E-state index in [1.165, 1.54) is 167 Å². The fourth-order valence-electron chi connectivity index (χ4n) is 7.33. The van der Waals surface area contributed by atoms with Gasteiger partial charge < -0.3 is 14.2 Å². The van der Waals surface area contributed by atoms with Gasteiger partial charge in [-0.2, -0.15) is 0 Å². The van der Waals surface area contributed by atoms with Crippen molar-refractivity contribution in [3.63, 3.8) is 0 Å². The SMILES string of the molecule is CCCCCCCCCCCCCCCCCCCCC(=O)OC[C@@H](COC(=O)CCCCCCCCC)OC(=O)CCCCCCCCCCCC(C)C. The van der Waals surface area contributed by atoms with Gasteiger partial charge in [0.15, 0.2) is 6.10 Å². The Morgan fingerprint density at radius 3 is 0.891 bits per heavy atom. The van der Waals surface area contributed by atoms with Crippen LogP contribution in [0.4, 0.5) is 0 Å². The molecule has 0 amide bonds. The van der Waals surface area contributed by atoms with E-state index in [0.29, 0.717) is 19.3 Å². The van der Waals surface area contributed by atoms with Gasteiger partial charge in [0.1, 0.15) is 13.2 Å². The van der Waals surface area contributed by atoms with Gasteiger partial charge in [-0.15, -0.1) is 0 Å². The Balaban J connectivity index is 4.18. The second kappa shape index (κ2) is 43.5. The molecule has 1 atom stereocenters. The van der Waals surface area contributed by atoms with Crippen molar-refractivity contribution in [3.8, 4) is 0 Å². The monoisotopic (exact) mass is 779 g/mol. The van der Waals surface area contributed by atoms with Crippen molar-refractivity contribution in [1.82, 2.24) is 0 Å². The predicted octanol–water partition coefficient (Wildman–Crippen LogP) is 15.5. The standard InChI is InChI=1S/C49H94O6/c1-5-7-9-11-13-14-15-16-17-18-19-20-21-22-25-29-33-37-41-48(51)54-44-46(43-53-47(50)40-36-32-27-12-10-8-6-2)55-49(52)42-38-34-30-26-23-24-28-31-35-39-45(3)4/h45-46H,5-44H2,1-4H3/t46-/m1/s1. The van der Waals surface area contributed by atoms with Gasteiger partial charge in [-0.05, 0) is 25.2 Å². The molecule has 0 radical (unpaired) electrons. The maximum absolute atomic E-state index is 12.7. The minimum Gasteiger partial charge on any atom is -0.462 e. The maximum Gasteiger partial charge on any atom is 0.306 e. The van der Waals surface area contributed by atoms with Crippen LogP contribution in [0.15, 0.2) is 0 Å². The van der Waals surface area contributed by atoms with E-state index in [9.17, 15) is 14.4 Å². The average Bonchev–Trinajstić information content (AvgIpc) is 3.17. The number of carbonyl (C=O) groups excluding carboxylic acids is 3. The van der Waals surface area contributed by atoms with Crippen LogP contribution in [0.1, 0.15) is 272 Å². The van der Waals surface area contributed by atoms with Crippen LogP contribution in [0.5, 0.6) is 0 Å². The fraction of sp³-hybridized carbons (Fsp3) is 0.939. The van der Waals surface area contributed by atoms with Crippen LogP contribution >= 0.6 is 0 Å². The Labute approximate surface area is 342 Å². The van der Waals surface area contributed by atoms with Gasteiger partial charge in [0.05, 0.1) is 0 Å². The Hall–Kier alpha value is -1.59. The molecule has 0 fully saturated rings. The molecule has 0 spiro atoms. The molecule has 0 heterocycles. The van der Waals surface area contributed by atoms with Crippen LogP contribution in [-0.4, -0.2) is 37.2 Å². The van der Waals surface area contributed by atoms with Crippen molar-refractivity contribution in [2.24, 2.45) is 5.92 Å². The lowest BCUT2D eigenvalue weighted by Crippen LogP contribution is -2.30. The molecule has 0 saturated carbocycles. The van der Waals surface area contributed by atoms with Gasteiger partial charge >= 0.3 is 17.9 Å². The number of carbonyl (C=O) groups is 3. The van der Waals surface area contributed by atoms with Crippen molar-refractivity contribution < 1.29 is 28.6 Å². The van der Waals surface area contributed by atoms with Crippen LogP contribution in [-0.2, 0) is 28.6 Å². The smallest absolute Gasteiger partial charge is 0.306 e. The van der Waals surface area contributed by atoms with E-state index in [2.05, 4.69) is 27.7 Å². The summed E-state index contributed by atoms with van der Waals surface area (Å²) in [6.07, 6.45) is 43.9. The highest BCUT2D eigenvalue weighted by Crippen LogP contribution is 2.17. The van der Waals surface area contributed by atoms with Gasteiger partial charge in [0, 0.05) is 19.3 Å². The molecule has 0 aromatic heterocycles. The second-order valence-corrected chi connectivity index (χ2v) is 17.2. The Kier molecular flexibility index (Phi) is 42.3. The lowest BCUT2D eigenvalue weighted by atomic mass is 10.0. The van der Waals surface area contributed by atoms with Crippen LogP contribution in [0.25, 0.3) is 0 Å². The molecule has 6 heteroatoms. The van der Waals surface area contributed by atoms with Crippen LogP contribution in [0.2, 0.25) is 0 Å². The zero-order valence-corrected chi connectivity index (χ0v) is 37.4. The normalized spacial score (nSPS) is 11.9. The third-order valence-corrected chi connectivity index (χ3v) is 11.0. The number of ether oxygens (including phenoxy) is 3. The molecule has 0 rings (SSSR count). The largest absolute Gasteiger partial charge is 0.462 e. The number of hydrogen-bond acceptors (Lipinski definition) is 6. The van der Waals surface area contributed by atoms with Crippen molar-refractivity contribution in [1.29, 1.82) is 0 Å². The molecule has 0 aliphatic rings. The van der Waals surface area contributed by atoms with Crippen molar-refractivity contribution >= 4 is 17.9 Å². The van der Waals surface area contributed by atoms with Crippen LogP contribution in [0, 0.1) is 5.92 Å². The van der Waals surface area contributed by atoms with E-state index >= 15 is 0 Å². The third kappa shape index (κ3) is 43.4. The molecule has 0 aliphatic heterocycles. The minimum absolute atomic E-state index is 0.0640. The molecule has 0 aromatic carbocycles. The summed E-state index contributed by atoms with van der Waals surface area (Å²) in [5.41, 5.74) is 0. The van der Waals surface area contributed by atoms with Gasteiger partial charge in [-0.25, -0.2) is 0 Å². The van der Waals surface area contributed by atoms with Gasteiger partial charge in [0.25, 0.3) is 0 Å². The van der Waals surface area contributed by atoms with E-state index in [1.54, 1.807) is 0 Å². The summed E-state index contributed by atoms with van der Waals surface area (Å²) in [7, 11) is 0. The summed E-state index contributed by atoms with van der Waals surface area (Å²) in [5, 5.41) is 0. The molecule has 0 unspecified atom stereocenters. The first kappa shape index (κ1) is 53.4. The molecule has 0 aromatic rings. The first-order chi connectivity index (χ1) is 26.9. The highest BCUT2D eigenvalue weighted by molar-refractivity contribution is 5.71. The lowest BCUT2D eigenvalue weighted by Gasteiger charge is -2.18. The quantitative estimate of drug-likeness (QED) is 0.0348. The number of esters is 3. The van der Waals surface area contributed by atoms with Crippen molar-refractivity contribution in [2.45, 2.75) is 278 Å². The summed E-state index contributed by atoms with van der Waals surface area (Å²) in [6.45, 7) is 8.95. The maximum atomic E-state index is 12.7. The molecule has 0 aliphatic carbocycles. The summed E-state index contributed by atoms with van der Waals surface area (Å²) >= 11 is 0. The summed E-state index contributed by atoms with van der Waals surface area (Å²) < 4.78 is 16.7. The van der Waals surface area contributed by atoms with E-state index in [4.69, 9.17) is 14.2 Å². The molecular weight excluding hydrogens is 685 g/mol. The number of rotatable bonds is 44. The average molecular weight is 779 g/mol. The van der Waals surface area contributed by atoms with Crippen LogP contribution in [0.3, 0.4) is 0 Å². The summed E-state index contributed by atoms with van der Waals surface area (Å²) in [6, 6.07) is 0. The zero-order valence-electron chi connectivity index (χ0n) is 37.4. The topological polar surface area (TPSA) is 78.9 Å². The van der Waals surface area contributed by atoms with E-state index in [1.807, 2.05) is 0 Å². The summed E-state index contributed by atoms with van der Waals surface area (Å²) in [4.78, 5) is 37.7. The Bertz CT molecular complexity index is 826. The molecule has 326 valence electrons. The fourth-order valence-corrected chi connectivity index (χ4v) is 7.33. The third-order valence-electron chi connectivity index (χ3n) is 11.0. The molecule has 0 N–H and O–H groups in total. The molecule has 6 nitrogen and oxygen atoms in total. The Morgan fingerprint density at radius 2 is 0.600 bits per heavy atom. The number of hydrogen-bond donors (Lipinski definition) is 0. The van der Waals surface area contributed by atoms with Gasteiger partial charge in [-0.3, -0.25) is 14.4 Å². The molecule has 0 saturated heterocycles. The lowest BCUT2D eigenvalue weighted by molar-refractivity contribution is -0.167. The van der Waals surface area contributed by atoms with E-state index in [-0.39, 0.29) is 31.1 Å². The van der Waals surface area contributed by atoms with Crippen molar-refractivity contribution in [3.05, 3.63) is 0 Å². The zero-order chi connectivity index (χ0) is 40.3. The van der Waals surface area contributed by atoms with E-state index in [0.717, 1.165) is 63.7 Å². The number of unbranched alkanes of at least 4 members (excludes halogenated alkanes) is 31. The summed E-state index contributed by atoms with van der Waals surface area (Å²) in [5.74, 6) is -0.0516. The molecule has 0 bridgehead atoms. The highest BCUT2D eigenvalue weighted by Gasteiger charge is 2.19. The second-order valence-electron chi connectivity index (χ2n) is 17.2. The first-order valence-corrected chi connectivity index (χ1v) is 24.4. The first-order valence-electron chi connectivity index (χ1n) is 24.4. The van der Waals surface area contributed by atoms with E-state index < -0.39 is 6.10 Å². The molecular formula is C49H94O6. The minimum atomic E-state index is -0.759. The van der Waals surface area contributed by atoms with Gasteiger partial charge in [-0.1, -0.05) is 233 Å². The molecule has 55 heavy (non-hydrogen) atoms. The van der Waals surface area contributed by atoms with Crippen molar-refractivity contribution in [2.75, 3.05) is 13.2 Å². The van der Waals surface area contributed by atoms with Gasteiger partial charge in [0.2, 0.25) is 0 Å².